The summed E-state index contributed by atoms with van der Waals surface area (Å²) in [4.78, 5) is 0. The van der Waals surface area contributed by atoms with Crippen molar-refractivity contribution in [3.05, 3.63) is 0 Å². The van der Waals surface area contributed by atoms with Crippen LogP contribution < -0.4 is 11.3 Å². The summed E-state index contributed by atoms with van der Waals surface area (Å²) < 4.78 is 0. The van der Waals surface area contributed by atoms with Gasteiger partial charge >= 0.3 is 0 Å². The van der Waals surface area contributed by atoms with Crippen LogP contribution in [0.15, 0.2) is 0 Å². The fourth-order valence-corrected chi connectivity index (χ4v) is 1.70. The van der Waals surface area contributed by atoms with Gasteiger partial charge in [-0.1, -0.05) is 40.0 Å². The molecule has 0 bridgehead atoms. The minimum atomic E-state index is 0.548. The van der Waals surface area contributed by atoms with Gasteiger partial charge in [0.15, 0.2) is 0 Å². The average molecular weight is 186 g/mol. The number of hydrazine groups is 1. The van der Waals surface area contributed by atoms with Gasteiger partial charge in [-0.2, -0.15) is 0 Å². The standard InChI is InChI=1S/C11H26N2/c1-4-6-8-11(3,5-2)9-7-10-13-12/h13H,4-10,12H2,1-3H3. The molecule has 0 spiro atoms. The van der Waals surface area contributed by atoms with E-state index in [1.807, 2.05) is 0 Å². The van der Waals surface area contributed by atoms with Crippen molar-refractivity contribution in [2.75, 3.05) is 6.54 Å². The SMILES string of the molecule is CCCCC(C)(CC)CCCNN. The molecule has 0 saturated carbocycles. The van der Waals surface area contributed by atoms with Crippen LogP contribution in [0.3, 0.4) is 0 Å². The van der Waals surface area contributed by atoms with Gasteiger partial charge < -0.3 is 0 Å². The van der Waals surface area contributed by atoms with E-state index in [-0.39, 0.29) is 0 Å². The van der Waals surface area contributed by atoms with Crippen molar-refractivity contribution in [1.29, 1.82) is 0 Å². The van der Waals surface area contributed by atoms with Crippen LogP contribution in [-0.4, -0.2) is 6.54 Å². The van der Waals surface area contributed by atoms with Crippen molar-refractivity contribution in [3.8, 4) is 0 Å². The van der Waals surface area contributed by atoms with Crippen LogP contribution in [0.2, 0.25) is 0 Å². The van der Waals surface area contributed by atoms with Crippen molar-refractivity contribution in [2.45, 2.75) is 59.3 Å². The number of nitrogens with two attached hydrogens (primary N) is 1. The first-order chi connectivity index (χ1) is 6.18. The lowest BCUT2D eigenvalue weighted by Gasteiger charge is -2.28. The predicted octanol–water partition coefficient (Wildman–Crippen LogP) is 2.84. The lowest BCUT2D eigenvalue weighted by molar-refractivity contribution is 0.246. The molecular formula is C11H26N2. The minimum absolute atomic E-state index is 0.548. The topological polar surface area (TPSA) is 38.0 Å². The molecule has 0 amide bonds. The lowest BCUT2D eigenvalue weighted by Crippen LogP contribution is -2.25. The van der Waals surface area contributed by atoms with Crippen molar-refractivity contribution in [3.63, 3.8) is 0 Å². The number of hydrogen-bond acceptors (Lipinski definition) is 2. The van der Waals surface area contributed by atoms with Crippen molar-refractivity contribution < 1.29 is 0 Å². The Labute approximate surface area is 83.2 Å². The number of hydrogen-bond donors (Lipinski definition) is 2. The third kappa shape index (κ3) is 6.05. The number of nitrogens with one attached hydrogen (secondary N) is 1. The summed E-state index contributed by atoms with van der Waals surface area (Å²) in [5.41, 5.74) is 3.27. The second kappa shape index (κ2) is 7.34. The number of unbranched alkanes of at least 4 members (excludes halogenated alkanes) is 1. The van der Waals surface area contributed by atoms with Crippen LogP contribution in [0.25, 0.3) is 0 Å². The lowest BCUT2D eigenvalue weighted by atomic mass is 9.78. The molecule has 0 aliphatic carbocycles. The Morgan fingerprint density at radius 3 is 2.23 bits per heavy atom. The van der Waals surface area contributed by atoms with E-state index in [9.17, 15) is 0 Å². The highest BCUT2D eigenvalue weighted by molar-refractivity contribution is 4.72. The van der Waals surface area contributed by atoms with Gasteiger partial charge in [0.2, 0.25) is 0 Å². The second-order valence-electron chi connectivity index (χ2n) is 4.33. The summed E-state index contributed by atoms with van der Waals surface area (Å²) in [5, 5.41) is 0. The van der Waals surface area contributed by atoms with Gasteiger partial charge in [0.05, 0.1) is 0 Å². The summed E-state index contributed by atoms with van der Waals surface area (Å²) in [7, 11) is 0. The fraction of sp³-hybridized carbons (Fsp3) is 1.00. The molecule has 13 heavy (non-hydrogen) atoms. The Morgan fingerprint density at radius 1 is 1.15 bits per heavy atom. The van der Waals surface area contributed by atoms with Gasteiger partial charge in [-0.15, -0.1) is 0 Å². The van der Waals surface area contributed by atoms with Crippen LogP contribution in [0, 0.1) is 5.41 Å². The quantitative estimate of drug-likeness (QED) is 0.347. The van der Waals surface area contributed by atoms with Crippen molar-refractivity contribution >= 4 is 0 Å². The smallest absolute Gasteiger partial charge is 0.00976 e. The second-order valence-corrected chi connectivity index (χ2v) is 4.33. The van der Waals surface area contributed by atoms with Crippen LogP contribution >= 0.6 is 0 Å². The highest BCUT2D eigenvalue weighted by atomic mass is 15.2. The van der Waals surface area contributed by atoms with Crippen LogP contribution in [0.5, 0.6) is 0 Å². The van der Waals surface area contributed by atoms with E-state index in [2.05, 4.69) is 26.2 Å². The van der Waals surface area contributed by atoms with Crippen molar-refractivity contribution in [1.82, 2.24) is 5.43 Å². The summed E-state index contributed by atoms with van der Waals surface area (Å²) in [5.74, 6) is 5.25. The Bertz CT molecular complexity index is 115. The molecule has 0 aliphatic rings. The zero-order chi connectivity index (χ0) is 10.2. The molecule has 2 heteroatoms. The summed E-state index contributed by atoms with van der Waals surface area (Å²) in [6.07, 6.45) is 7.82. The first-order valence-electron chi connectivity index (χ1n) is 5.62. The van der Waals surface area contributed by atoms with E-state index in [1.54, 1.807) is 0 Å². The minimum Gasteiger partial charge on any atom is -0.271 e. The molecule has 0 rings (SSSR count). The fourth-order valence-electron chi connectivity index (χ4n) is 1.70. The van der Waals surface area contributed by atoms with E-state index in [0.29, 0.717) is 5.41 Å². The molecule has 0 saturated heterocycles. The Hall–Kier alpha value is -0.0800. The Balaban J connectivity index is 3.67. The monoisotopic (exact) mass is 186 g/mol. The van der Waals surface area contributed by atoms with Crippen LogP contribution in [0.4, 0.5) is 0 Å². The Kier molecular flexibility index (Phi) is 7.29. The van der Waals surface area contributed by atoms with Gasteiger partial charge in [-0.25, -0.2) is 0 Å². The first-order valence-corrected chi connectivity index (χ1v) is 5.62. The summed E-state index contributed by atoms with van der Waals surface area (Å²) in [6.45, 7) is 7.91. The molecule has 1 atom stereocenters. The van der Waals surface area contributed by atoms with E-state index < -0.39 is 0 Å². The van der Waals surface area contributed by atoms with Gasteiger partial charge in [0, 0.05) is 6.54 Å². The maximum absolute atomic E-state index is 5.25. The third-order valence-corrected chi connectivity index (χ3v) is 3.09. The summed E-state index contributed by atoms with van der Waals surface area (Å²) in [6, 6.07) is 0. The molecule has 80 valence electrons. The maximum atomic E-state index is 5.25. The molecular weight excluding hydrogens is 160 g/mol. The van der Waals surface area contributed by atoms with Crippen molar-refractivity contribution in [2.24, 2.45) is 11.3 Å². The molecule has 0 aromatic carbocycles. The Morgan fingerprint density at radius 2 is 1.77 bits per heavy atom. The largest absolute Gasteiger partial charge is 0.271 e. The van der Waals surface area contributed by atoms with Gasteiger partial charge in [-0.3, -0.25) is 11.3 Å². The number of rotatable bonds is 8. The highest BCUT2D eigenvalue weighted by Crippen LogP contribution is 2.32. The van der Waals surface area contributed by atoms with E-state index in [4.69, 9.17) is 5.84 Å². The van der Waals surface area contributed by atoms with E-state index in [1.165, 1.54) is 38.5 Å². The first kappa shape index (κ1) is 12.9. The van der Waals surface area contributed by atoms with E-state index in [0.717, 1.165) is 6.54 Å². The predicted molar refractivity (Wildman–Crippen MR) is 59.3 cm³/mol. The van der Waals surface area contributed by atoms with Crippen LogP contribution in [0.1, 0.15) is 59.3 Å². The molecule has 3 N–H and O–H groups in total. The van der Waals surface area contributed by atoms with Gasteiger partial charge in [0.25, 0.3) is 0 Å². The molecule has 0 heterocycles. The molecule has 0 fully saturated rings. The third-order valence-electron chi connectivity index (χ3n) is 3.09. The normalized spacial score (nSPS) is 15.7. The van der Waals surface area contributed by atoms with Gasteiger partial charge in [0.1, 0.15) is 0 Å². The summed E-state index contributed by atoms with van der Waals surface area (Å²) >= 11 is 0. The van der Waals surface area contributed by atoms with Gasteiger partial charge in [-0.05, 0) is 24.7 Å². The molecule has 1 unspecified atom stereocenters. The molecule has 0 radical (unpaired) electrons. The molecule has 0 aromatic rings. The zero-order valence-corrected chi connectivity index (χ0v) is 9.53. The zero-order valence-electron chi connectivity index (χ0n) is 9.53. The molecule has 0 aliphatic heterocycles. The molecule has 0 aromatic heterocycles. The van der Waals surface area contributed by atoms with Crippen LogP contribution in [-0.2, 0) is 0 Å². The average Bonchev–Trinajstić information content (AvgIpc) is 2.15. The highest BCUT2D eigenvalue weighted by Gasteiger charge is 2.20. The maximum Gasteiger partial charge on any atom is 0.00976 e. The molecule has 2 nitrogen and oxygen atoms in total. The van der Waals surface area contributed by atoms with E-state index >= 15 is 0 Å².